The van der Waals surface area contributed by atoms with Crippen LogP contribution in [0.5, 0.6) is 0 Å². The number of hydrogen-bond donors (Lipinski definition) is 2. The Morgan fingerprint density at radius 2 is 1.91 bits per heavy atom. The highest BCUT2D eigenvalue weighted by Gasteiger charge is 2.57. The van der Waals surface area contributed by atoms with Crippen LogP contribution in [-0.4, -0.2) is 64.1 Å². The Balaban J connectivity index is 1.25. The van der Waals surface area contributed by atoms with Crippen LogP contribution < -0.4 is 10.6 Å². The molecule has 2 aliphatic heterocycles. The first-order valence-electron chi connectivity index (χ1n) is 11.1. The van der Waals surface area contributed by atoms with E-state index < -0.39 is 0 Å². The van der Waals surface area contributed by atoms with Gasteiger partial charge in [-0.3, -0.25) is 4.79 Å². The summed E-state index contributed by atoms with van der Waals surface area (Å²) in [6.45, 7) is 2.88. The topological polar surface area (TPSA) is 76.0 Å². The van der Waals surface area contributed by atoms with Gasteiger partial charge >= 0.3 is 5.91 Å². The molecule has 0 unspecified atom stereocenters. The van der Waals surface area contributed by atoms with E-state index in [1.54, 1.807) is 11.6 Å². The smallest absolute Gasteiger partial charge is 0.336 e. The summed E-state index contributed by atoms with van der Waals surface area (Å²) in [6, 6.07) is 18.5. The Bertz CT molecular complexity index is 1320. The molecule has 2 N–H and O–H groups in total. The maximum absolute atomic E-state index is 13.8. The van der Waals surface area contributed by atoms with E-state index in [1.807, 2.05) is 42.6 Å². The molecule has 0 radical (unpaired) electrons. The Morgan fingerprint density at radius 1 is 1.09 bits per heavy atom. The molecule has 2 amide bonds. The molecule has 0 bridgehead atoms. The van der Waals surface area contributed by atoms with Gasteiger partial charge in [0.25, 0.3) is 5.91 Å². The predicted octanol–water partition coefficient (Wildman–Crippen LogP) is 2.83. The van der Waals surface area contributed by atoms with Crippen molar-refractivity contribution in [2.75, 3.05) is 26.2 Å². The van der Waals surface area contributed by atoms with Gasteiger partial charge in [-0.05, 0) is 36.4 Å². The molecule has 0 aliphatic carbocycles. The molecule has 166 valence electrons. The Morgan fingerprint density at radius 3 is 2.61 bits per heavy atom. The van der Waals surface area contributed by atoms with Crippen molar-refractivity contribution in [2.45, 2.75) is 12.1 Å². The minimum Gasteiger partial charge on any atom is -0.336 e. The quantitative estimate of drug-likeness (QED) is 0.451. The van der Waals surface area contributed by atoms with Crippen LogP contribution in [0.15, 0.2) is 72.4 Å². The van der Waals surface area contributed by atoms with E-state index in [0.717, 1.165) is 35.2 Å². The van der Waals surface area contributed by atoms with Crippen LogP contribution in [0.3, 0.4) is 0 Å². The molecule has 6 rings (SSSR count). The van der Waals surface area contributed by atoms with Crippen molar-refractivity contribution in [3.8, 4) is 5.69 Å². The first-order chi connectivity index (χ1) is 16.1. The van der Waals surface area contributed by atoms with Crippen LogP contribution in [0, 0.1) is 0 Å². The number of carbonyl (C=O) groups is 2. The molecule has 2 aliphatic rings. The number of nitrogens with one attached hydrogen (secondary N) is 2. The van der Waals surface area contributed by atoms with Gasteiger partial charge in [0, 0.05) is 41.9 Å². The number of amides is 2. The second-order valence-corrected chi connectivity index (χ2v) is 9.71. The van der Waals surface area contributed by atoms with Crippen LogP contribution in [0.1, 0.15) is 20.2 Å². The van der Waals surface area contributed by atoms with Crippen LogP contribution in [0.25, 0.3) is 16.6 Å². The van der Waals surface area contributed by atoms with E-state index in [2.05, 4.69) is 38.4 Å². The van der Waals surface area contributed by atoms with Gasteiger partial charge in [0.05, 0.1) is 11.1 Å². The van der Waals surface area contributed by atoms with E-state index >= 15 is 0 Å². The molecule has 0 saturated carbocycles. The number of hydrogen-bond acceptors (Lipinski definition) is 5. The third kappa shape index (κ3) is 3.38. The lowest BCUT2D eigenvalue weighted by Crippen LogP contribution is -2.81. The highest BCUT2D eigenvalue weighted by Crippen LogP contribution is 2.32. The molecule has 0 spiro atoms. The summed E-state index contributed by atoms with van der Waals surface area (Å²) in [7, 11) is 0. The highest BCUT2D eigenvalue weighted by atomic mass is 32.1. The SMILES string of the molecule is O=C(NC1C[N+](C(=O)c2ccc3c(ccn3-c3ccccc3)c2)(C2CNC2)C1)c1nccs1. The molecule has 4 aromatic rings. The first kappa shape index (κ1) is 20.3. The number of quaternary nitrogens is 1. The lowest BCUT2D eigenvalue weighted by Gasteiger charge is -2.55. The number of nitrogens with zero attached hydrogens (tertiary/aromatic N) is 3. The lowest BCUT2D eigenvalue weighted by atomic mass is 9.92. The van der Waals surface area contributed by atoms with Gasteiger partial charge in [-0.15, -0.1) is 11.3 Å². The monoisotopic (exact) mass is 458 g/mol. The average molecular weight is 459 g/mol. The Kier molecular flexibility index (Phi) is 4.86. The minimum absolute atomic E-state index is 0.0196. The number of benzene rings is 2. The van der Waals surface area contributed by atoms with Gasteiger partial charge in [-0.2, -0.15) is 0 Å². The van der Waals surface area contributed by atoms with Gasteiger partial charge < -0.3 is 15.2 Å². The second-order valence-electron chi connectivity index (χ2n) is 8.82. The molecule has 0 atom stereocenters. The van der Waals surface area contributed by atoms with Gasteiger partial charge in [0.1, 0.15) is 25.2 Å². The molecule has 2 aromatic carbocycles. The van der Waals surface area contributed by atoms with Gasteiger partial charge in [-0.1, -0.05) is 18.2 Å². The summed E-state index contributed by atoms with van der Waals surface area (Å²) >= 11 is 1.33. The minimum atomic E-state index is -0.157. The summed E-state index contributed by atoms with van der Waals surface area (Å²) in [5.41, 5.74) is 2.90. The fraction of sp³-hybridized carbons (Fsp3) is 0.240. The molecule has 7 nitrogen and oxygen atoms in total. The number of para-hydroxylation sites is 1. The van der Waals surface area contributed by atoms with Gasteiger partial charge in [0.2, 0.25) is 0 Å². The van der Waals surface area contributed by atoms with Crippen molar-refractivity contribution in [1.29, 1.82) is 0 Å². The average Bonchev–Trinajstić information content (AvgIpc) is 3.46. The molecule has 2 saturated heterocycles. The fourth-order valence-corrected chi connectivity index (χ4v) is 5.54. The summed E-state index contributed by atoms with van der Waals surface area (Å²) in [5, 5.41) is 9.66. The fourth-order valence-electron chi connectivity index (χ4n) is 5.01. The van der Waals surface area contributed by atoms with E-state index in [4.69, 9.17) is 0 Å². The third-order valence-corrected chi connectivity index (χ3v) is 7.66. The van der Waals surface area contributed by atoms with Crippen molar-refractivity contribution in [3.63, 3.8) is 0 Å². The zero-order chi connectivity index (χ0) is 22.4. The van der Waals surface area contributed by atoms with E-state index in [-0.39, 0.29) is 23.9 Å². The van der Waals surface area contributed by atoms with Crippen LogP contribution >= 0.6 is 11.3 Å². The molecule has 4 heterocycles. The number of likely N-dealkylation sites (tertiary alicyclic amines) is 1. The maximum Gasteiger partial charge on any atom is 0.346 e. The van der Waals surface area contributed by atoms with Crippen LogP contribution in [-0.2, 0) is 0 Å². The molecule has 2 aromatic heterocycles. The molecular weight excluding hydrogens is 434 g/mol. The Hall–Kier alpha value is -3.33. The first-order valence-corrected chi connectivity index (χ1v) is 12.0. The second kappa shape index (κ2) is 7.91. The highest BCUT2D eigenvalue weighted by molar-refractivity contribution is 7.11. The number of carbonyl (C=O) groups excluding carboxylic acids is 2. The standard InChI is InChI=1S/C25H23N5O2S/c31-23(24-27-9-11-33-24)28-19-15-30(16-19,21-13-26-14-21)25(32)18-6-7-22-17(12-18)8-10-29(22)20-4-2-1-3-5-20/h1-12,19,21,26H,13-16H2/p+1. The number of rotatable bonds is 5. The van der Waals surface area contributed by atoms with Gasteiger partial charge in [-0.25, -0.2) is 14.3 Å². The van der Waals surface area contributed by atoms with Crippen molar-refractivity contribution >= 4 is 34.1 Å². The maximum atomic E-state index is 13.8. The van der Waals surface area contributed by atoms with Crippen molar-refractivity contribution < 1.29 is 14.1 Å². The normalized spacial score (nSPS) is 22.5. The van der Waals surface area contributed by atoms with Crippen molar-refractivity contribution in [1.82, 2.24) is 20.2 Å². The third-order valence-electron chi connectivity index (χ3n) is 6.89. The molecular formula is C25H24N5O2S+. The molecule has 33 heavy (non-hydrogen) atoms. The number of fused-ring (bicyclic) bond motifs is 1. The van der Waals surface area contributed by atoms with Crippen molar-refractivity contribution in [3.05, 3.63) is 82.9 Å². The molecule has 8 heteroatoms. The summed E-state index contributed by atoms with van der Waals surface area (Å²) in [6.07, 6.45) is 3.67. The number of aromatic nitrogens is 2. The predicted molar refractivity (Wildman–Crippen MR) is 128 cm³/mol. The largest absolute Gasteiger partial charge is 0.346 e. The molecule has 2 fully saturated rings. The zero-order valence-electron chi connectivity index (χ0n) is 18.0. The number of thiazole rings is 1. The summed E-state index contributed by atoms with van der Waals surface area (Å²) in [4.78, 5) is 30.3. The Labute approximate surface area is 195 Å². The van der Waals surface area contributed by atoms with Crippen LogP contribution in [0.2, 0.25) is 0 Å². The summed E-state index contributed by atoms with van der Waals surface area (Å²) in [5.74, 6) is -0.0220. The van der Waals surface area contributed by atoms with Crippen LogP contribution in [0.4, 0.5) is 0 Å². The van der Waals surface area contributed by atoms with Crippen molar-refractivity contribution in [2.24, 2.45) is 0 Å². The van der Waals surface area contributed by atoms with E-state index in [0.29, 0.717) is 22.6 Å². The summed E-state index contributed by atoms with van der Waals surface area (Å²) < 4.78 is 2.53. The van der Waals surface area contributed by atoms with Gasteiger partial charge in [0.15, 0.2) is 5.01 Å². The zero-order valence-corrected chi connectivity index (χ0v) is 18.8. The van der Waals surface area contributed by atoms with E-state index in [9.17, 15) is 9.59 Å². The van der Waals surface area contributed by atoms with E-state index in [1.165, 1.54) is 11.3 Å². The lowest BCUT2D eigenvalue weighted by molar-refractivity contribution is -0.917.